The molecule has 24 heavy (non-hydrogen) atoms. The number of hydrogen-bond donors (Lipinski definition) is 0. The van der Waals surface area contributed by atoms with Crippen LogP contribution in [0.25, 0.3) is 0 Å². The highest BCUT2D eigenvalue weighted by Gasteiger charge is 2.25. The van der Waals surface area contributed by atoms with Gasteiger partial charge >= 0.3 is 0 Å². The second-order valence-corrected chi connectivity index (χ2v) is 6.20. The number of nitrogens with zero attached hydrogens (tertiary/aromatic N) is 4. The zero-order chi connectivity index (χ0) is 17.1. The Balaban J connectivity index is 1.59. The van der Waals surface area contributed by atoms with Crippen molar-refractivity contribution in [1.29, 1.82) is 0 Å². The van der Waals surface area contributed by atoms with Gasteiger partial charge in [0.05, 0.1) is 6.04 Å². The number of benzene rings is 1. The minimum Gasteiger partial charge on any atom is -0.369 e. The highest BCUT2D eigenvalue weighted by Crippen LogP contribution is 2.23. The molecule has 1 saturated heterocycles. The summed E-state index contributed by atoms with van der Waals surface area (Å²) in [6, 6.07) is 8.00. The SMILES string of the molecule is CCc1noc([C@@H](C)N2CCN(c3ccc(C(C)=O)cc3)CC2)n1. The summed E-state index contributed by atoms with van der Waals surface area (Å²) >= 11 is 0. The first-order valence-electron chi connectivity index (χ1n) is 8.51. The van der Waals surface area contributed by atoms with Gasteiger partial charge in [0.15, 0.2) is 11.6 Å². The van der Waals surface area contributed by atoms with Crippen molar-refractivity contribution in [2.45, 2.75) is 33.2 Å². The predicted octanol–water partition coefficient (Wildman–Crippen LogP) is 2.72. The average molecular weight is 328 g/mol. The lowest BCUT2D eigenvalue weighted by Gasteiger charge is -2.38. The zero-order valence-corrected chi connectivity index (χ0v) is 14.5. The number of anilines is 1. The fraction of sp³-hybridized carbons (Fsp3) is 0.500. The summed E-state index contributed by atoms with van der Waals surface area (Å²) in [5.41, 5.74) is 1.92. The Morgan fingerprint density at radius 2 is 1.88 bits per heavy atom. The second-order valence-electron chi connectivity index (χ2n) is 6.20. The van der Waals surface area contributed by atoms with Gasteiger partial charge in [0.25, 0.3) is 0 Å². The Kier molecular flexibility index (Phi) is 4.94. The molecule has 1 atom stereocenters. The van der Waals surface area contributed by atoms with Gasteiger partial charge in [0.1, 0.15) is 0 Å². The molecule has 0 N–H and O–H groups in total. The van der Waals surface area contributed by atoms with Crippen LogP contribution in [-0.2, 0) is 6.42 Å². The van der Waals surface area contributed by atoms with Crippen LogP contribution >= 0.6 is 0 Å². The van der Waals surface area contributed by atoms with Crippen molar-refractivity contribution in [3.8, 4) is 0 Å². The molecule has 0 spiro atoms. The van der Waals surface area contributed by atoms with Crippen LogP contribution in [0.4, 0.5) is 5.69 Å². The van der Waals surface area contributed by atoms with Crippen LogP contribution in [0, 0.1) is 0 Å². The van der Waals surface area contributed by atoms with E-state index in [0.717, 1.165) is 44.0 Å². The van der Waals surface area contributed by atoms with Crippen LogP contribution < -0.4 is 4.90 Å². The maximum atomic E-state index is 11.4. The van der Waals surface area contributed by atoms with Crippen molar-refractivity contribution >= 4 is 11.5 Å². The van der Waals surface area contributed by atoms with Gasteiger partial charge in [-0.25, -0.2) is 0 Å². The van der Waals surface area contributed by atoms with E-state index in [4.69, 9.17) is 4.52 Å². The van der Waals surface area contributed by atoms with Gasteiger partial charge in [-0.15, -0.1) is 0 Å². The topological polar surface area (TPSA) is 62.5 Å². The summed E-state index contributed by atoms with van der Waals surface area (Å²) in [5.74, 6) is 1.57. The van der Waals surface area contributed by atoms with Crippen molar-refractivity contribution in [2.75, 3.05) is 31.1 Å². The van der Waals surface area contributed by atoms with Crippen LogP contribution in [0.3, 0.4) is 0 Å². The van der Waals surface area contributed by atoms with Gasteiger partial charge in [-0.1, -0.05) is 12.1 Å². The average Bonchev–Trinajstić information content (AvgIpc) is 3.10. The molecule has 1 aromatic carbocycles. The van der Waals surface area contributed by atoms with Gasteiger partial charge in [-0.3, -0.25) is 9.69 Å². The molecule has 6 heteroatoms. The van der Waals surface area contributed by atoms with Gasteiger partial charge in [0.2, 0.25) is 5.89 Å². The van der Waals surface area contributed by atoms with Gasteiger partial charge in [0, 0.05) is 43.9 Å². The lowest BCUT2D eigenvalue weighted by molar-refractivity contribution is 0.101. The number of Topliss-reactive ketones (excluding diaryl/α,β-unsaturated/α-hetero) is 1. The third-order valence-electron chi connectivity index (χ3n) is 4.66. The van der Waals surface area contributed by atoms with Crippen LogP contribution in [0.2, 0.25) is 0 Å². The fourth-order valence-corrected chi connectivity index (χ4v) is 3.01. The Hall–Kier alpha value is -2.21. The smallest absolute Gasteiger partial charge is 0.243 e. The summed E-state index contributed by atoms with van der Waals surface area (Å²) in [4.78, 5) is 20.5. The van der Waals surface area contributed by atoms with E-state index in [1.807, 2.05) is 31.2 Å². The van der Waals surface area contributed by atoms with Crippen LogP contribution in [-0.4, -0.2) is 47.0 Å². The van der Waals surface area contributed by atoms with Crippen LogP contribution in [0.5, 0.6) is 0 Å². The summed E-state index contributed by atoms with van der Waals surface area (Å²) in [5, 5.41) is 3.98. The number of carbonyl (C=O) groups is 1. The molecule has 1 aliphatic heterocycles. The standard InChI is InChI=1S/C18H24N4O2/c1-4-17-19-18(24-20-17)13(2)21-9-11-22(12-10-21)16-7-5-15(6-8-16)14(3)23/h5-8,13H,4,9-12H2,1-3H3/t13-/m1/s1. The number of carbonyl (C=O) groups excluding carboxylic acids is 1. The Morgan fingerprint density at radius 1 is 1.21 bits per heavy atom. The van der Waals surface area contributed by atoms with E-state index < -0.39 is 0 Å². The number of ketones is 1. The van der Waals surface area contributed by atoms with Gasteiger partial charge in [-0.05, 0) is 38.1 Å². The molecule has 0 unspecified atom stereocenters. The third kappa shape index (κ3) is 3.48. The minimum atomic E-state index is 0.103. The van der Waals surface area contributed by atoms with E-state index in [1.54, 1.807) is 6.92 Å². The molecule has 0 radical (unpaired) electrons. The summed E-state index contributed by atoms with van der Waals surface area (Å²) < 4.78 is 5.37. The Bertz CT molecular complexity index is 687. The second kappa shape index (κ2) is 7.13. The molecular formula is C18H24N4O2. The molecule has 6 nitrogen and oxygen atoms in total. The van der Waals surface area contributed by atoms with E-state index >= 15 is 0 Å². The quantitative estimate of drug-likeness (QED) is 0.787. The monoisotopic (exact) mass is 328 g/mol. The molecule has 128 valence electrons. The molecule has 0 bridgehead atoms. The third-order valence-corrected chi connectivity index (χ3v) is 4.66. The molecule has 0 aliphatic carbocycles. The molecule has 1 aliphatic rings. The highest BCUT2D eigenvalue weighted by atomic mass is 16.5. The summed E-state index contributed by atoms with van der Waals surface area (Å²) in [7, 11) is 0. The van der Waals surface area contributed by atoms with Crippen molar-refractivity contribution in [3.63, 3.8) is 0 Å². The number of piperazine rings is 1. The highest BCUT2D eigenvalue weighted by molar-refractivity contribution is 5.94. The van der Waals surface area contributed by atoms with Crippen LogP contribution in [0.1, 0.15) is 48.9 Å². The minimum absolute atomic E-state index is 0.103. The maximum absolute atomic E-state index is 11.4. The van der Waals surface area contributed by atoms with E-state index in [9.17, 15) is 4.79 Å². The molecule has 0 amide bonds. The molecule has 3 rings (SSSR count). The first-order chi connectivity index (χ1) is 11.6. The van der Waals surface area contributed by atoms with E-state index in [0.29, 0.717) is 5.89 Å². The lowest BCUT2D eigenvalue weighted by Crippen LogP contribution is -2.47. The lowest BCUT2D eigenvalue weighted by atomic mass is 10.1. The maximum Gasteiger partial charge on any atom is 0.243 e. The molecule has 2 heterocycles. The number of rotatable bonds is 5. The van der Waals surface area contributed by atoms with Crippen molar-refractivity contribution < 1.29 is 9.32 Å². The summed E-state index contributed by atoms with van der Waals surface area (Å²) in [6.07, 6.45) is 0.792. The zero-order valence-electron chi connectivity index (χ0n) is 14.5. The molecule has 1 fully saturated rings. The van der Waals surface area contributed by atoms with Gasteiger partial charge in [-0.2, -0.15) is 4.98 Å². The van der Waals surface area contributed by atoms with Crippen LogP contribution in [0.15, 0.2) is 28.8 Å². The van der Waals surface area contributed by atoms with Crippen molar-refractivity contribution in [1.82, 2.24) is 15.0 Å². The van der Waals surface area contributed by atoms with Crippen molar-refractivity contribution in [3.05, 3.63) is 41.5 Å². The van der Waals surface area contributed by atoms with E-state index in [-0.39, 0.29) is 11.8 Å². The largest absolute Gasteiger partial charge is 0.369 e. The number of aromatic nitrogens is 2. The molecule has 0 saturated carbocycles. The number of hydrogen-bond acceptors (Lipinski definition) is 6. The Morgan fingerprint density at radius 3 is 2.42 bits per heavy atom. The molecule has 2 aromatic rings. The normalized spacial score (nSPS) is 17.0. The van der Waals surface area contributed by atoms with Gasteiger partial charge < -0.3 is 9.42 Å². The molecular weight excluding hydrogens is 304 g/mol. The van der Waals surface area contributed by atoms with E-state index in [1.165, 1.54) is 5.69 Å². The Labute approximate surface area is 142 Å². The predicted molar refractivity (Wildman–Crippen MR) is 92.3 cm³/mol. The molecule has 1 aromatic heterocycles. The first-order valence-corrected chi connectivity index (χ1v) is 8.51. The van der Waals surface area contributed by atoms with E-state index in [2.05, 4.69) is 26.9 Å². The van der Waals surface area contributed by atoms with Crippen molar-refractivity contribution in [2.24, 2.45) is 0 Å². The fourth-order valence-electron chi connectivity index (χ4n) is 3.01. The summed E-state index contributed by atoms with van der Waals surface area (Å²) in [6.45, 7) is 9.51. The first kappa shape index (κ1) is 16.6. The number of aryl methyl sites for hydroxylation is 1.